The zero-order valence-corrected chi connectivity index (χ0v) is 9.55. The number of hydrogen-bond donors (Lipinski definition) is 1. The minimum absolute atomic E-state index is 0.326. The molecule has 1 N–H and O–H groups in total. The number of aliphatic carboxylic acids is 1. The van der Waals surface area contributed by atoms with E-state index >= 15 is 0 Å². The highest BCUT2D eigenvalue weighted by Crippen LogP contribution is 2.35. The Labute approximate surface area is 99.5 Å². The topological polar surface area (TPSA) is 55.8 Å². The molecule has 1 aromatic carbocycles. The summed E-state index contributed by atoms with van der Waals surface area (Å²) in [5.74, 6) is -0.184. The molecule has 0 unspecified atom stereocenters. The number of carbonyl (C=O) groups is 1. The van der Waals surface area contributed by atoms with Crippen LogP contribution in [0.3, 0.4) is 0 Å². The lowest BCUT2D eigenvalue weighted by Gasteiger charge is -2.39. The second-order valence-corrected chi connectivity index (χ2v) is 4.05. The van der Waals surface area contributed by atoms with Crippen LogP contribution < -0.4 is 4.74 Å². The average Bonchev–Trinajstić information content (AvgIpc) is 2.27. The minimum atomic E-state index is -0.945. The molecule has 17 heavy (non-hydrogen) atoms. The first-order valence-corrected chi connectivity index (χ1v) is 5.31. The van der Waals surface area contributed by atoms with Crippen molar-refractivity contribution >= 4 is 5.97 Å². The van der Waals surface area contributed by atoms with Crippen LogP contribution in [-0.4, -0.2) is 31.4 Å². The zero-order valence-electron chi connectivity index (χ0n) is 9.55. The molecule has 1 aliphatic rings. The van der Waals surface area contributed by atoms with Crippen molar-refractivity contribution in [3.63, 3.8) is 0 Å². The third kappa shape index (κ3) is 2.31. The van der Waals surface area contributed by atoms with Gasteiger partial charge in [0, 0.05) is 6.08 Å². The van der Waals surface area contributed by atoms with Crippen molar-refractivity contribution in [2.24, 2.45) is 0 Å². The van der Waals surface area contributed by atoms with Gasteiger partial charge in [-0.2, -0.15) is 0 Å². The SMILES string of the molecule is COc1cccc(C2(/C=C/C(=O)O)COC2)c1. The highest BCUT2D eigenvalue weighted by Gasteiger charge is 2.38. The van der Waals surface area contributed by atoms with Crippen LogP contribution in [0.4, 0.5) is 0 Å². The third-order valence-corrected chi connectivity index (χ3v) is 2.91. The van der Waals surface area contributed by atoms with Crippen LogP contribution in [0.2, 0.25) is 0 Å². The van der Waals surface area contributed by atoms with E-state index < -0.39 is 5.97 Å². The standard InChI is InChI=1S/C13H14O4/c1-16-11-4-2-3-10(7-11)13(8-17-9-13)6-5-12(14)15/h2-7H,8-9H2,1H3,(H,14,15)/b6-5+. The van der Waals surface area contributed by atoms with Gasteiger partial charge in [-0.25, -0.2) is 4.79 Å². The highest BCUT2D eigenvalue weighted by atomic mass is 16.5. The molecule has 0 amide bonds. The molecule has 4 nitrogen and oxygen atoms in total. The van der Waals surface area contributed by atoms with Crippen LogP contribution in [0, 0.1) is 0 Å². The summed E-state index contributed by atoms with van der Waals surface area (Å²) in [5.41, 5.74) is 0.688. The van der Waals surface area contributed by atoms with Crippen molar-refractivity contribution in [1.29, 1.82) is 0 Å². The van der Waals surface area contributed by atoms with Crippen molar-refractivity contribution in [1.82, 2.24) is 0 Å². The van der Waals surface area contributed by atoms with Gasteiger partial charge in [-0.3, -0.25) is 0 Å². The second-order valence-electron chi connectivity index (χ2n) is 4.05. The smallest absolute Gasteiger partial charge is 0.328 e. The van der Waals surface area contributed by atoms with Crippen LogP contribution in [0.1, 0.15) is 5.56 Å². The van der Waals surface area contributed by atoms with Gasteiger partial charge in [-0.05, 0) is 17.7 Å². The molecule has 2 rings (SSSR count). The number of hydrogen-bond acceptors (Lipinski definition) is 3. The van der Waals surface area contributed by atoms with Gasteiger partial charge in [-0.1, -0.05) is 18.2 Å². The summed E-state index contributed by atoms with van der Waals surface area (Å²) in [5, 5.41) is 8.69. The Hall–Kier alpha value is -1.81. The molecule has 1 aromatic rings. The van der Waals surface area contributed by atoms with E-state index in [1.807, 2.05) is 24.3 Å². The molecule has 4 heteroatoms. The maximum atomic E-state index is 10.6. The summed E-state index contributed by atoms with van der Waals surface area (Å²) < 4.78 is 10.4. The van der Waals surface area contributed by atoms with Gasteiger partial charge >= 0.3 is 5.97 Å². The summed E-state index contributed by atoms with van der Waals surface area (Å²) in [4.78, 5) is 10.6. The Morgan fingerprint density at radius 2 is 2.29 bits per heavy atom. The predicted octanol–water partition coefficient (Wildman–Crippen LogP) is 1.60. The van der Waals surface area contributed by atoms with Gasteiger partial charge in [0.2, 0.25) is 0 Å². The third-order valence-electron chi connectivity index (χ3n) is 2.91. The normalized spacial score (nSPS) is 17.7. The number of carboxylic acid groups (broad SMARTS) is 1. The van der Waals surface area contributed by atoms with Gasteiger partial charge < -0.3 is 14.6 Å². The van der Waals surface area contributed by atoms with E-state index in [0.717, 1.165) is 11.3 Å². The first kappa shape index (κ1) is 11.7. The molecular weight excluding hydrogens is 220 g/mol. The molecule has 0 bridgehead atoms. The van der Waals surface area contributed by atoms with Crippen molar-refractivity contribution in [3.05, 3.63) is 42.0 Å². The number of benzene rings is 1. The summed E-state index contributed by atoms with van der Waals surface area (Å²) in [7, 11) is 1.61. The van der Waals surface area contributed by atoms with Crippen LogP contribution in [-0.2, 0) is 14.9 Å². The fraction of sp³-hybridized carbons (Fsp3) is 0.308. The molecule has 0 radical (unpaired) electrons. The Kier molecular flexibility index (Phi) is 3.15. The maximum Gasteiger partial charge on any atom is 0.328 e. The molecule has 1 saturated heterocycles. The van der Waals surface area contributed by atoms with Gasteiger partial charge in [0.05, 0.1) is 25.7 Å². The Morgan fingerprint density at radius 3 is 2.82 bits per heavy atom. The van der Waals surface area contributed by atoms with Crippen molar-refractivity contribution < 1.29 is 19.4 Å². The molecule has 0 aromatic heterocycles. The van der Waals surface area contributed by atoms with E-state index in [0.29, 0.717) is 13.2 Å². The average molecular weight is 234 g/mol. The quantitative estimate of drug-likeness (QED) is 0.804. The number of ether oxygens (including phenoxy) is 2. The predicted molar refractivity (Wildman–Crippen MR) is 62.3 cm³/mol. The number of rotatable bonds is 4. The largest absolute Gasteiger partial charge is 0.497 e. The van der Waals surface area contributed by atoms with E-state index in [-0.39, 0.29) is 5.41 Å². The van der Waals surface area contributed by atoms with Crippen LogP contribution >= 0.6 is 0 Å². The van der Waals surface area contributed by atoms with Crippen molar-refractivity contribution in [3.8, 4) is 5.75 Å². The van der Waals surface area contributed by atoms with E-state index in [2.05, 4.69) is 0 Å². The molecule has 1 aliphatic heterocycles. The lowest BCUT2D eigenvalue weighted by atomic mass is 9.78. The molecule has 1 heterocycles. The molecule has 0 aliphatic carbocycles. The molecule has 90 valence electrons. The van der Waals surface area contributed by atoms with E-state index in [1.165, 1.54) is 6.08 Å². The first-order chi connectivity index (χ1) is 8.16. The highest BCUT2D eigenvalue weighted by molar-refractivity contribution is 5.80. The second kappa shape index (κ2) is 4.59. The summed E-state index contributed by atoms with van der Waals surface area (Å²) >= 11 is 0. The van der Waals surface area contributed by atoms with Gasteiger partial charge in [-0.15, -0.1) is 0 Å². The lowest BCUT2D eigenvalue weighted by molar-refractivity contribution is -0.131. The van der Waals surface area contributed by atoms with Gasteiger partial charge in [0.15, 0.2) is 0 Å². The fourth-order valence-electron chi connectivity index (χ4n) is 1.84. The Bertz CT molecular complexity index is 446. The van der Waals surface area contributed by atoms with E-state index in [1.54, 1.807) is 13.2 Å². The number of carboxylic acids is 1. The summed E-state index contributed by atoms with van der Waals surface area (Å²) in [6, 6.07) is 7.62. The summed E-state index contributed by atoms with van der Waals surface area (Å²) in [6.45, 7) is 1.01. The molecule has 0 saturated carbocycles. The van der Waals surface area contributed by atoms with Gasteiger partial charge in [0.25, 0.3) is 0 Å². The Morgan fingerprint density at radius 1 is 1.53 bits per heavy atom. The zero-order chi connectivity index (χ0) is 12.3. The van der Waals surface area contributed by atoms with Crippen molar-refractivity contribution in [2.75, 3.05) is 20.3 Å². The maximum absolute atomic E-state index is 10.6. The van der Waals surface area contributed by atoms with E-state index in [4.69, 9.17) is 14.6 Å². The van der Waals surface area contributed by atoms with Crippen LogP contribution in [0.5, 0.6) is 5.75 Å². The van der Waals surface area contributed by atoms with Crippen molar-refractivity contribution in [2.45, 2.75) is 5.41 Å². The summed E-state index contributed by atoms with van der Waals surface area (Å²) in [6.07, 6.45) is 2.86. The number of methoxy groups -OCH3 is 1. The van der Waals surface area contributed by atoms with Crippen LogP contribution in [0.25, 0.3) is 0 Å². The van der Waals surface area contributed by atoms with Crippen LogP contribution in [0.15, 0.2) is 36.4 Å². The Balaban J connectivity index is 2.30. The van der Waals surface area contributed by atoms with Gasteiger partial charge in [0.1, 0.15) is 5.75 Å². The monoisotopic (exact) mass is 234 g/mol. The molecule has 0 spiro atoms. The molecular formula is C13H14O4. The fourth-order valence-corrected chi connectivity index (χ4v) is 1.84. The molecule has 0 atom stereocenters. The minimum Gasteiger partial charge on any atom is -0.497 e. The lowest BCUT2D eigenvalue weighted by Crippen LogP contribution is -2.45. The van der Waals surface area contributed by atoms with E-state index in [9.17, 15) is 4.79 Å². The molecule has 1 fully saturated rings. The first-order valence-electron chi connectivity index (χ1n) is 5.31.